The van der Waals surface area contributed by atoms with E-state index in [2.05, 4.69) is 0 Å². The lowest BCUT2D eigenvalue weighted by Crippen LogP contribution is -2.04. The fraction of sp³-hybridized carbons (Fsp3) is 0.0952. The maximum atomic E-state index is 13.6. The quantitative estimate of drug-likeness (QED) is 0.558. The number of hydrogen-bond acceptors (Lipinski definition) is 1. The normalized spacial score (nSPS) is 11.5. The van der Waals surface area contributed by atoms with Crippen LogP contribution in [0, 0.1) is 11.6 Å². The number of carboxylic acid groups (broad SMARTS) is 1. The van der Waals surface area contributed by atoms with E-state index in [1.807, 2.05) is 0 Å². The second kappa shape index (κ2) is 7.42. The molecule has 2 nitrogen and oxygen atoms in total. The van der Waals surface area contributed by atoms with E-state index in [1.54, 1.807) is 6.07 Å². The van der Waals surface area contributed by atoms with Gasteiger partial charge in [-0.2, -0.15) is 13.2 Å². The average molecular weight is 392 g/mol. The van der Waals surface area contributed by atoms with Gasteiger partial charge in [0, 0.05) is 6.07 Å². The van der Waals surface area contributed by atoms with Crippen molar-refractivity contribution in [2.45, 2.75) is 12.6 Å². The summed E-state index contributed by atoms with van der Waals surface area (Å²) in [6, 6.07) is 11.8. The van der Waals surface area contributed by atoms with Gasteiger partial charge in [0.25, 0.3) is 0 Å². The van der Waals surface area contributed by atoms with Crippen LogP contribution in [0.1, 0.15) is 11.1 Å². The minimum atomic E-state index is -4.48. The number of benzene rings is 3. The zero-order valence-electron chi connectivity index (χ0n) is 14.2. The molecule has 0 amide bonds. The maximum Gasteiger partial charge on any atom is 0.416 e. The van der Waals surface area contributed by atoms with Crippen LogP contribution in [0.4, 0.5) is 22.0 Å². The van der Waals surface area contributed by atoms with E-state index in [9.17, 15) is 26.7 Å². The third-order valence-corrected chi connectivity index (χ3v) is 4.09. The highest BCUT2D eigenvalue weighted by atomic mass is 19.4. The van der Waals surface area contributed by atoms with Crippen molar-refractivity contribution in [1.82, 2.24) is 0 Å². The summed E-state index contributed by atoms with van der Waals surface area (Å²) < 4.78 is 65.4. The van der Waals surface area contributed by atoms with Crippen LogP contribution in [-0.4, -0.2) is 11.1 Å². The lowest BCUT2D eigenvalue weighted by molar-refractivity contribution is -0.138. The molecule has 0 radical (unpaired) electrons. The molecule has 0 fully saturated rings. The molecule has 144 valence electrons. The molecule has 0 aliphatic rings. The van der Waals surface area contributed by atoms with Gasteiger partial charge in [0.05, 0.1) is 12.0 Å². The number of alkyl halides is 3. The fourth-order valence-corrected chi connectivity index (χ4v) is 2.87. The van der Waals surface area contributed by atoms with E-state index < -0.39 is 29.3 Å². The molecular weight excluding hydrogens is 379 g/mol. The number of carboxylic acids is 1. The second-order valence-corrected chi connectivity index (χ2v) is 6.22. The van der Waals surface area contributed by atoms with Crippen molar-refractivity contribution in [3.05, 3.63) is 83.4 Å². The summed E-state index contributed by atoms with van der Waals surface area (Å²) >= 11 is 0. The van der Waals surface area contributed by atoms with Crippen molar-refractivity contribution in [1.29, 1.82) is 0 Å². The lowest BCUT2D eigenvalue weighted by Gasteiger charge is -2.12. The fourth-order valence-electron chi connectivity index (χ4n) is 2.87. The molecule has 28 heavy (non-hydrogen) atoms. The summed E-state index contributed by atoms with van der Waals surface area (Å²) in [7, 11) is 0. The summed E-state index contributed by atoms with van der Waals surface area (Å²) in [5.74, 6) is -2.70. The third-order valence-electron chi connectivity index (χ3n) is 4.09. The van der Waals surface area contributed by atoms with Gasteiger partial charge in [-0.1, -0.05) is 24.3 Å². The number of halogens is 5. The van der Waals surface area contributed by atoms with Gasteiger partial charge in [-0.25, -0.2) is 8.78 Å². The molecule has 3 aromatic carbocycles. The molecule has 0 aliphatic heterocycles. The van der Waals surface area contributed by atoms with E-state index >= 15 is 0 Å². The Kier molecular flexibility index (Phi) is 5.18. The van der Waals surface area contributed by atoms with E-state index in [-0.39, 0.29) is 12.0 Å². The van der Waals surface area contributed by atoms with Crippen LogP contribution in [0.5, 0.6) is 0 Å². The highest BCUT2D eigenvalue weighted by Gasteiger charge is 2.30. The largest absolute Gasteiger partial charge is 0.481 e. The van der Waals surface area contributed by atoms with E-state index in [4.69, 9.17) is 5.11 Å². The monoisotopic (exact) mass is 392 g/mol. The van der Waals surface area contributed by atoms with Crippen molar-refractivity contribution in [3.63, 3.8) is 0 Å². The van der Waals surface area contributed by atoms with E-state index in [1.165, 1.54) is 24.3 Å². The zero-order chi connectivity index (χ0) is 20.5. The summed E-state index contributed by atoms with van der Waals surface area (Å²) in [6.45, 7) is 0. The molecule has 3 aromatic rings. The van der Waals surface area contributed by atoms with Crippen molar-refractivity contribution in [2.75, 3.05) is 0 Å². The Labute approximate surface area is 156 Å². The minimum Gasteiger partial charge on any atom is -0.481 e. The molecule has 0 saturated heterocycles. The van der Waals surface area contributed by atoms with Crippen molar-refractivity contribution < 1.29 is 31.9 Å². The molecular formula is C21H13F5O2. The number of rotatable bonds is 4. The molecule has 0 heterocycles. The molecule has 0 saturated carbocycles. The second-order valence-electron chi connectivity index (χ2n) is 6.22. The first-order chi connectivity index (χ1) is 13.1. The predicted molar refractivity (Wildman–Crippen MR) is 93.6 cm³/mol. The van der Waals surface area contributed by atoms with Crippen molar-refractivity contribution in [3.8, 4) is 22.3 Å². The van der Waals surface area contributed by atoms with Gasteiger partial charge >= 0.3 is 12.1 Å². The first kappa shape index (κ1) is 19.5. The van der Waals surface area contributed by atoms with Gasteiger partial charge in [0.1, 0.15) is 11.6 Å². The standard InChI is InChI=1S/C21H13F5O2/c22-18-9-16(10-19(23)11-18)15-6-12(7-20(27)28)5-14(8-15)13-1-3-17(4-2-13)21(24,25)26/h1-6,8-11H,7H2,(H,27,28). The molecule has 0 unspecified atom stereocenters. The number of aliphatic carboxylic acids is 1. The van der Waals surface area contributed by atoms with Crippen LogP contribution >= 0.6 is 0 Å². The molecule has 0 aromatic heterocycles. The van der Waals surface area contributed by atoms with Gasteiger partial charge in [-0.05, 0) is 58.1 Å². The van der Waals surface area contributed by atoms with Crippen LogP contribution < -0.4 is 0 Å². The Morgan fingerprint density at radius 2 is 1.25 bits per heavy atom. The molecule has 3 rings (SSSR count). The summed E-state index contributed by atoms with van der Waals surface area (Å²) in [5, 5.41) is 9.06. The molecule has 0 aliphatic carbocycles. The summed E-state index contributed by atoms with van der Waals surface area (Å²) in [5.41, 5.74) is 0.936. The van der Waals surface area contributed by atoms with Crippen LogP contribution in [0.2, 0.25) is 0 Å². The Hall–Kier alpha value is -3.22. The summed E-state index contributed by atoms with van der Waals surface area (Å²) in [6.07, 6.45) is -4.83. The van der Waals surface area contributed by atoms with E-state index in [0.717, 1.165) is 24.3 Å². The predicted octanol–water partition coefficient (Wildman–Crippen LogP) is 5.94. The molecule has 0 spiro atoms. The highest BCUT2D eigenvalue weighted by molar-refractivity contribution is 5.77. The van der Waals surface area contributed by atoms with Crippen LogP contribution in [-0.2, 0) is 17.4 Å². The van der Waals surface area contributed by atoms with Gasteiger partial charge in [0.15, 0.2) is 0 Å². The van der Waals surface area contributed by atoms with Crippen molar-refractivity contribution >= 4 is 5.97 Å². The van der Waals surface area contributed by atoms with Crippen LogP contribution in [0.25, 0.3) is 22.3 Å². The molecule has 1 N–H and O–H groups in total. The Bertz CT molecular complexity index is 1000. The van der Waals surface area contributed by atoms with E-state index in [0.29, 0.717) is 28.3 Å². The molecule has 0 bridgehead atoms. The van der Waals surface area contributed by atoms with Gasteiger partial charge in [-0.3, -0.25) is 4.79 Å². The Morgan fingerprint density at radius 1 is 0.750 bits per heavy atom. The number of carbonyl (C=O) groups is 1. The van der Waals surface area contributed by atoms with Crippen LogP contribution in [0.3, 0.4) is 0 Å². The van der Waals surface area contributed by atoms with Crippen molar-refractivity contribution in [2.24, 2.45) is 0 Å². The smallest absolute Gasteiger partial charge is 0.416 e. The SMILES string of the molecule is O=C(O)Cc1cc(-c2ccc(C(F)(F)F)cc2)cc(-c2cc(F)cc(F)c2)c1. The first-order valence-corrected chi connectivity index (χ1v) is 8.12. The van der Waals surface area contributed by atoms with Gasteiger partial charge in [-0.15, -0.1) is 0 Å². The van der Waals surface area contributed by atoms with Gasteiger partial charge in [0.2, 0.25) is 0 Å². The maximum absolute atomic E-state index is 13.6. The Balaban J connectivity index is 2.11. The first-order valence-electron chi connectivity index (χ1n) is 8.12. The average Bonchev–Trinajstić information content (AvgIpc) is 2.59. The zero-order valence-corrected chi connectivity index (χ0v) is 14.2. The molecule has 0 atom stereocenters. The Morgan fingerprint density at radius 3 is 1.75 bits per heavy atom. The van der Waals surface area contributed by atoms with Gasteiger partial charge < -0.3 is 5.11 Å². The highest BCUT2D eigenvalue weighted by Crippen LogP contribution is 2.33. The third kappa shape index (κ3) is 4.54. The lowest BCUT2D eigenvalue weighted by atomic mass is 9.94. The topological polar surface area (TPSA) is 37.3 Å². The number of hydrogen-bond donors (Lipinski definition) is 1. The molecule has 7 heteroatoms. The minimum absolute atomic E-state index is 0.193. The summed E-state index contributed by atoms with van der Waals surface area (Å²) in [4.78, 5) is 11.1. The van der Waals surface area contributed by atoms with Crippen LogP contribution in [0.15, 0.2) is 60.7 Å².